The minimum atomic E-state index is -0.767. The van der Waals surface area contributed by atoms with Crippen LogP contribution in [0.5, 0.6) is 0 Å². The lowest BCUT2D eigenvalue weighted by Crippen LogP contribution is -2.42. The summed E-state index contributed by atoms with van der Waals surface area (Å²) in [5.41, 5.74) is 5.13. The summed E-state index contributed by atoms with van der Waals surface area (Å²) >= 11 is 0. The number of amides is 1. The number of nitrogens with one attached hydrogen (secondary N) is 1. The maximum Gasteiger partial charge on any atom is 0.240 e. The van der Waals surface area contributed by atoms with E-state index in [2.05, 4.69) is 5.32 Å². The van der Waals surface area contributed by atoms with Gasteiger partial charge in [-0.2, -0.15) is 0 Å². The van der Waals surface area contributed by atoms with Crippen molar-refractivity contribution in [2.75, 3.05) is 0 Å². The third kappa shape index (κ3) is 2.19. The first-order valence-corrected chi connectivity index (χ1v) is 5.02. The van der Waals surface area contributed by atoms with Gasteiger partial charge in [0.25, 0.3) is 0 Å². The molecular formula is C11H12F2N2O. The van der Waals surface area contributed by atoms with Gasteiger partial charge in [0.2, 0.25) is 5.91 Å². The Hall–Kier alpha value is -1.49. The summed E-state index contributed by atoms with van der Waals surface area (Å²) in [7, 11) is 0. The lowest BCUT2D eigenvalue weighted by atomic mass is 10.2. The molecule has 0 radical (unpaired) electrons. The number of carbonyl (C=O) groups excluding carboxylic acids is 1. The highest BCUT2D eigenvalue weighted by atomic mass is 19.1. The van der Waals surface area contributed by atoms with E-state index in [4.69, 9.17) is 5.73 Å². The quantitative estimate of drug-likeness (QED) is 0.810. The van der Waals surface area contributed by atoms with Crippen molar-refractivity contribution >= 4 is 5.91 Å². The van der Waals surface area contributed by atoms with Crippen molar-refractivity contribution in [2.45, 2.75) is 24.9 Å². The van der Waals surface area contributed by atoms with Crippen LogP contribution < -0.4 is 11.1 Å². The van der Waals surface area contributed by atoms with Crippen molar-refractivity contribution in [3.63, 3.8) is 0 Å². The Bertz CT molecular complexity index is 430. The third-order valence-electron chi connectivity index (χ3n) is 2.70. The molecule has 0 atom stereocenters. The molecule has 1 aromatic rings. The second-order valence-electron chi connectivity index (χ2n) is 4.07. The van der Waals surface area contributed by atoms with Crippen LogP contribution in [0.2, 0.25) is 0 Å². The highest BCUT2D eigenvalue weighted by Gasteiger charge is 2.45. The largest absolute Gasteiger partial charge is 0.350 e. The Balaban J connectivity index is 1.97. The van der Waals surface area contributed by atoms with Gasteiger partial charge < -0.3 is 11.1 Å². The lowest BCUT2D eigenvalue weighted by molar-refractivity contribution is -0.123. The van der Waals surface area contributed by atoms with Gasteiger partial charge in [-0.3, -0.25) is 4.79 Å². The zero-order valence-electron chi connectivity index (χ0n) is 8.59. The predicted octanol–water partition coefficient (Wildman–Crippen LogP) is 1.07. The zero-order chi connectivity index (χ0) is 11.8. The molecule has 2 rings (SSSR count). The minimum absolute atomic E-state index is 0.0316. The van der Waals surface area contributed by atoms with Gasteiger partial charge in [0.15, 0.2) is 0 Å². The van der Waals surface area contributed by atoms with Crippen LogP contribution in [-0.2, 0) is 11.3 Å². The van der Waals surface area contributed by atoms with Gasteiger partial charge in [0.1, 0.15) is 11.6 Å². The minimum Gasteiger partial charge on any atom is -0.350 e. The zero-order valence-corrected chi connectivity index (χ0v) is 8.59. The average Bonchev–Trinajstić information content (AvgIpc) is 2.96. The third-order valence-corrected chi connectivity index (χ3v) is 2.70. The van der Waals surface area contributed by atoms with E-state index in [1.165, 1.54) is 6.07 Å². The standard InChI is InChI=1S/C11H12F2N2O/c12-8-2-1-7(9(13)5-8)6-15-10(16)11(14)3-4-11/h1-2,5H,3-4,6,14H2,(H,15,16). The van der Waals surface area contributed by atoms with Crippen molar-refractivity contribution in [3.05, 3.63) is 35.4 Å². The van der Waals surface area contributed by atoms with E-state index in [1.807, 2.05) is 0 Å². The Morgan fingerprint density at radius 3 is 2.69 bits per heavy atom. The van der Waals surface area contributed by atoms with Crippen LogP contribution >= 0.6 is 0 Å². The van der Waals surface area contributed by atoms with Crippen LogP contribution in [0.1, 0.15) is 18.4 Å². The first-order chi connectivity index (χ1) is 7.51. The highest BCUT2D eigenvalue weighted by molar-refractivity contribution is 5.88. The Morgan fingerprint density at radius 2 is 2.12 bits per heavy atom. The number of benzene rings is 1. The number of rotatable bonds is 3. The van der Waals surface area contributed by atoms with E-state index in [-0.39, 0.29) is 18.0 Å². The number of hydrogen-bond acceptors (Lipinski definition) is 2. The first-order valence-electron chi connectivity index (χ1n) is 5.02. The number of nitrogens with two attached hydrogens (primary N) is 1. The summed E-state index contributed by atoms with van der Waals surface area (Å²) in [6.07, 6.45) is 1.31. The monoisotopic (exact) mass is 226 g/mol. The van der Waals surface area contributed by atoms with Gasteiger partial charge >= 0.3 is 0 Å². The molecule has 1 aromatic carbocycles. The van der Waals surface area contributed by atoms with Gasteiger partial charge in [0.05, 0.1) is 5.54 Å². The number of hydrogen-bond donors (Lipinski definition) is 2. The highest BCUT2D eigenvalue weighted by Crippen LogP contribution is 2.32. The molecule has 86 valence electrons. The van der Waals surface area contributed by atoms with Crippen molar-refractivity contribution in [1.82, 2.24) is 5.32 Å². The van der Waals surface area contributed by atoms with Crippen LogP contribution in [0.25, 0.3) is 0 Å². The van der Waals surface area contributed by atoms with E-state index in [1.54, 1.807) is 0 Å². The summed E-state index contributed by atoms with van der Waals surface area (Å²) in [6, 6.07) is 3.25. The molecule has 16 heavy (non-hydrogen) atoms. The summed E-state index contributed by atoms with van der Waals surface area (Å²) in [5, 5.41) is 2.54. The van der Waals surface area contributed by atoms with Crippen molar-refractivity contribution in [3.8, 4) is 0 Å². The molecule has 3 N–H and O–H groups in total. The molecular weight excluding hydrogens is 214 g/mol. The van der Waals surface area contributed by atoms with E-state index < -0.39 is 17.2 Å². The Morgan fingerprint density at radius 1 is 1.44 bits per heavy atom. The molecule has 0 unspecified atom stereocenters. The van der Waals surface area contributed by atoms with E-state index in [0.717, 1.165) is 12.1 Å². The molecule has 0 saturated heterocycles. The van der Waals surface area contributed by atoms with E-state index in [0.29, 0.717) is 12.8 Å². The van der Waals surface area contributed by atoms with Crippen molar-refractivity contribution in [2.24, 2.45) is 5.73 Å². The summed E-state index contributed by atoms with van der Waals surface area (Å²) in [4.78, 5) is 11.4. The SMILES string of the molecule is NC1(C(=O)NCc2ccc(F)cc2F)CC1. The predicted molar refractivity (Wildman–Crippen MR) is 54.4 cm³/mol. The smallest absolute Gasteiger partial charge is 0.240 e. The molecule has 0 heterocycles. The number of carbonyl (C=O) groups is 1. The first kappa shape index (κ1) is 11.0. The van der Waals surface area contributed by atoms with Crippen molar-refractivity contribution in [1.29, 1.82) is 0 Å². The van der Waals surface area contributed by atoms with Gasteiger partial charge in [-0.25, -0.2) is 8.78 Å². The maximum absolute atomic E-state index is 13.2. The van der Waals surface area contributed by atoms with Gasteiger partial charge in [0, 0.05) is 18.2 Å². The van der Waals surface area contributed by atoms with Gasteiger partial charge in [-0.15, -0.1) is 0 Å². The topological polar surface area (TPSA) is 55.1 Å². The fourth-order valence-corrected chi connectivity index (χ4v) is 1.38. The van der Waals surface area contributed by atoms with Crippen LogP contribution in [0.3, 0.4) is 0 Å². The Kier molecular flexibility index (Phi) is 2.63. The summed E-state index contributed by atoms with van der Waals surface area (Å²) in [5.74, 6) is -1.58. The van der Waals surface area contributed by atoms with Crippen LogP contribution in [0, 0.1) is 11.6 Å². The van der Waals surface area contributed by atoms with Crippen molar-refractivity contribution < 1.29 is 13.6 Å². The van der Waals surface area contributed by atoms with E-state index >= 15 is 0 Å². The van der Waals surface area contributed by atoms with E-state index in [9.17, 15) is 13.6 Å². The second kappa shape index (κ2) is 3.83. The second-order valence-corrected chi connectivity index (χ2v) is 4.07. The fourth-order valence-electron chi connectivity index (χ4n) is 1.38. The molecule has 0 aromatic heterocycles. The molecule has 0 spiro atoms. The van der Waals surface area contributed by atoms with Gasteiger partial charge in [-0.05, 0) is 18.9 Å². The lowest BCUT2D eigenvalue weighted by Gasteiger charge is -2.10. The molecule has 5 heteroatoms. The molecule has 1 aliphatic carbocycles. The van der Waals surface area contributed by atoms with Crippen LogP contribution in [0.15, 0.2) is 18.2 Å². The molecule has 1 aliphatic rings. The molecule has 1 fully saturated rings. The summed E-state index contributed by atoms with van der Waals surface area (Å²) < 4.78 is 25.8. The van der Waals surface area contributed by atoms with Gasteiger partial charge in [-0.1, -0.05) is 6.07 Å². The van der Waals surface area contributed by atoms with Crippen LogP contribution in [0.4, 0.5) is 8.78 Å². The summed E-state index contributed by atoms with van der Waals surface area (Å²) in [6.45, 7) is 0.0316. The number of halogens is 2. The average molecular weight is 226 g/mol. The molecule has 0 bridgehead atoms. The molecule has 3 nitrogen and oxygen atoms in total. The molecule has 1 saturated carbocycles. The molecule has 0 aliphatic heterocycles. The normalized spacial score (nSPS) is 16.9. The van der Waals surface area contributed by atoms with Crippen LogP contribution in [-0.4, -0.2) is 11.4 Å². The fraction of sp³-hybridized carbons (Fsp3) is 0.364. The molecule has 1 amide bonds. The maximum atomic E-state index is 13.2. The Labute approximate surface area is 91.6 Å².